The zero-order valence-electron chi connectivity index (χ0n) is 16.7. The van der Waals surface area contributed by atoms with Crippen LogP contribution in [0.5, 0.6) is 5.75 Å². The van der Waals surface area contributed by atoms with Gasteiger partial charge in [-0.25, -0.2) is 0 Å². The summed E-state index contributed by atoms with van der Waals surface area (Å²) in [6.45, 7) is 3.79. The van der Waals surface area contributed by atoms with E-state index in [1.165, 1.54) is 0 Å². The molecule has 3 fully saturated rings. The Labute approximate surface area is 166 Å². The molecule has 2 saturated heterocycles. The van der Waals surface area contributed by atoms with E-state index >= 15 is 0 Å². The first-order chi connectivity index (χ1) is 13.5. The fourth-order valence-electron chi connectivity index (χ4n) is 5.36. The van der Waals surface area contributed by atoms with E-state index in [0.717, 1.165) is 43.5 Å². The van der Waals surface area contributed by atoms with Crippen molar-refractivity contribution >= 4 is 11.8 Å². The van der Waals surface area contributed by atoms with Gasteiger partial charge in [0.05, 0.1) is 19.3 Å². The van der Waals surface area contributed by atoms with E-state index in [-0.39, 0.29) is 35.8 Å². The molecule has 0 aromatic heterocycles. The van der Waals surface area contributed by atoms with E-state index in [1.54, 1.807) is 14.0 Å². The fourth-order valence-corrected chi connectivity index (χ4v) is 5.36. The topological polar surface area (TPSA) is 70.1 Å². The number of hydrogen-bond acceptors (Lipinski definition) is 4. The third-order valence-electron chi connectivity index (χ3n) is 6.88. The molecule has 6 nitrogen and oxygen atoms in total. The van der Waals surface area contributed by atoms with E-state index in [1.807, 2.05) is 34.1 Å². The normalized spacial score (nSPS) is 32.3. The Morgan fingerprint density at radius 1 is 1.04 bits per heavy atom. The summed E-state index contributed by atoms with van der Waals surface area (Å²) in [7, 11) is 1.65. The summed E-state index contributed by atoms with van der Waals surface area (Å²) in [5, 5.41) is 9.71. The Kier molecular flexibility index (Phi) is 5.32. The minimum atomic E-state index is -0.245. The molecule has 1 aromatic rings. The first-order valence-electron chi connectivity index (χ1n) is 10.4. The number of rotatable bonds is 3. The summed E-state index contributed by atoms with van der Waals surface area (Å²) in [5.41, 5.74) is 1.11. The lowest BCUT2D eigenvalue weighted by Gasteiger charge is -2.31. The number of nitrogens with zero attached hydrogens (tertiary/aromatic N) is 2. The Balaban J connectivity index is 1.50. The summed E-state index contributed by atoms with van der Waals surface area (Å²) in [6, 6.07) is 7.96. The average molecular weight is 386 g/mol. The maximum Gasteiger partial charge on any atom is 0.225 e. The van der Waals surface area contributed by atoms with Gasteiger partial charge in [-0.3, -0.25) is 9.59 Å². The van der Waals surface area contributed by atoms with E-state index in [2.05, 4.69) is 0 Å². The number of aliphatic hydroxyl groups excluding tert-OH is 1. The SMILES string of the molecule is COc1ccc([C@H]2[C@@H]3CN(C(=O)C4CCC(O)CC4)C[C@@H]3CN2C(C)=O)cc1. The van der Waals surface area contributed by atoms with E-state index < -0.39 is 0 Å². The van der Waals surface area contributed by atoms with Crippen LogP contribution in [0.15, 0.2) is 24.3 Å². The second kappa shape index (κ2) is 7.74. The van der Waals surface area contributed by atoms with Gasteiger partial charge in [-0.15, -0.1) is 0 Å². The number of ether oxygens (including phenoxy) is 1. The number of fused-ring (bicyclic) bond motifs is 1. The quantitative estimate of drug-likeness (QED) is 0.865. The molecule has 3 atom stereocenters. The second-order valence-electron chi connectivity index (χ2n) is 8.56. The molecule has 0 spiro atoms. The van der Waals surface area contributed by atoms with Crippen LogP contribution in [-0.4, -0.2) is 59.6 Å². The molecule has 3 aliphatic rings. The van der Waals surface area contributed by atoms with Gasteiger partial charge < -0.3 is 19.6 Å². The fraction of sp³-hybridized carbons (Fsp3) is 0.636. The molecule has 1 N–H and O–H groups in total. The summed E-state index contributed by atoms with van der Waals surface area (Å²) in [6.07, 6.45) is 2.78. The van der Waals surface area contributed by atoms with Crippen LogP contribution in [0.2, 0.25) is 0 Å². The molecule has 1 aliphatic carbocycles. The highest BCUT2D eigenvalue weighted by molar-refractivity contribution is 5.79. The highest BCUT2D eigenvalue weighted by Crippen LogP contribution is 2.45. The van der Waals surface area contributed by atoms with Crippen LogP contribution in [0.3, 0.4) is 0 Å². The molecule has 1 aromatic carbocycles. The standard InChI is InChI=1S/C22H30N2O4/c1-14(25)24-12-17-11-23(22(27)16-3-7-18(26)8-4-16)13-20(17)21(24)15-5-9-19(28-2)10-6-15/h5-6,9-10,16-18,20-21,26H,3-4,7-8,11-13H2,1-2H3/t16?,17-,18?,20-,21+/m1/s1. The molecule has 2 aliphatic heterocycles. The molecule has 1 saturated carbocycles. The molecule has 2 amide bonds. The Morgan fingerprint density at radius 3 is 2.32 bits per heavy atom. The smallest absolute Gasteiger partial charge is 0.225 e. The summed E-state index contributed by atoms with van der Waals surface area (Å²) in [4.78, 5) is 29.3. The van der Waals surface area contributed by atoms with Crippen LogP contribution in [0, 0.1) is 17.8 Å². The van der Waals surface area contributed by atoms with Gasteiger partial charge in [-0.05, 0) is 43.4 Å². The number of methoxy groups -OCH3 is 1. The molecule has 28 heavy (non-hydrogen) atoms. The monoisotopic (exact) mass is 386 g/mol. The molecular weight excluding hydrogens is 356 g/mol. The third kappa shape index (κ3) is 3.50. The minimum Gasteiger partial charge on any atom is -0.497 e. The largest absolute Gasteiger partial charge is 0.497 e. The number of amides is 2. The predicted octanol–water partition coefficient (Wildman–Crippen LogP) is 2.22. The third-order valence-corrected chi connectivity index (χ3v) is 6.88. The lowest BCUT2D eigenvalue weighted by molar-refractivity contribution is -0.136. The van der Waals surface area contributed by atoms with Gasteiger partial charge in [-0.2, -0.15) is 0 Å². The molecule has 4 rings (SSSR count). The van der Waals surface area contributed by atoms with Crippen molar-refractivity contribution in [1.29, 1.82) is 0 Å². The predicted molar refractivity (Wildman–Crippen MR) is 105 cm³/mol. The number of benzene rings is 1. The van der Waals surface area contributed by atoms with Crippen molar-refractivity contribution in [3.05, 3.63) is 29.8 Å². The van der Waals surface area contributed by atoms with Crippen molar-refractivity contribution < 1.29 is 19.4 Å². The summed E-state index contributed by atoms with van der Waals surface area (Å²) < 4.78 is 5.26. The van der Waals surface area contributed by atoms with Crippen LogP contribution in [0.1, 0.15) is 44.2 Å². The maximum atomic E-state index is 13.0. The lowest BCUT2D eigenvalue weighted by Crippen LogP contribution is -2.40. The van der Waals surface area contributed by atoms with Crippen molar-refractivity contribution in [2.24, 2.45) is 17.8 Å². The average Bonchev–Trinajstić information content (AvgIpc) is 3.26. The molecule has 6 heteroatoms. The summed E-state index contributed by atoms with van der Waals surface area (Å²) in [5.74, 6) is 1.78. The highest BCUT2D eigenvalue weighted by atomic mass is 16.5. The zero-order chi connectivity index (χ0) is 19.8. The number of hydrogen-bond donors (Lipinski definition) is 1. The van der Waals surface area contributed by atoms with Crippen molar-refractivity contribution in [1.82, 2.24) is 9.80 Å². The van der Waals surface area contributed by atoms with Gasteiger partial charge in [0.1, 0.15) is 5.75 Å². The first-order valence-corrected chi connectivity index (χ1v) is 10.4. The van der Waals surface area contributed by atoms with Crippen LogP contribution in [0.25, 0.3) is 0 Å². The number of carbonyl (C=O) groups excluding carboxylic acids is 2. The Bertz CT molecular complexity index is 727. The second-order valence-corrected chi connectivity index (χ2v) is 8.56. The molecular formula is C22H30N2O4. The zero-order valence-corrected chi connectivity index (χ0v) is 16.7. The lowest BCUT2D eigenvalue weighted by atomic mass is 9.86. The van der Waals surface area contributed by atoms with Crippen molar-refractivity contribution in [2.75, 3.05) is 26.7 Å². The number of carbonyl (C=O) groups is 2. The van der Waals surface area contributed by atoms with E-state index in [0.29, 0.717) is 19.0 Å². The van der Waals surface area contributed by atoms with Crippen molar-refractivity contribution in [3.63, 3.8) is 0 Å². The highest BCUT2D eigenvalue weighted by Gasteiger charge is 2.50. The minimum absolute atomic E-state index is 0.0133. The summed E-state index contributed by atoms with van der Waals surface area (Å²) >= 11 is 0. The molecule has 0 unspecified atom stereocenters. The van der Waals surface area contributed by atoms with Gasteiger partial charge >= 0.3 is 0 Å². The first kappa shape index (κ1) is 19.2. The Hall–Kier alpha value is -2.08. The number of aliphatic hydroxyl groups is 1. The van der Waals surface area contributed by atoms with Gasteiger partial charge in [0.25, 0.3) is 0 Å². The van der Waals surface area contributed by atoms with Gasteiger partial charge in [0.15, 0.2) is 0 Å². The van der Waals surface area contributed by atoms with E-state index in [9.17, 15) is 14.7 Å². The molecule has 152 valence electrons. The van der Waals surface area contributed by atoms with Gasteiger partial charge in [0.2, 0.25) is 11.8 Å². The molecule has 0 bridgehead atoms. The van der Waals surface area contributed by atoms with Crippen LogP contribution in [-0.2, 0) is 9.59 Å². The van der Waals surface area contributed by atoms with Crippen molar-refractivity contribution in [2.45, 2.75) is 44.8 Å². The van der Waals surface area contributed by atoms with Gasteiger partial charge in [-0.1, -0.05) is 12.1 Å². The van der Waals surface area contributed by atoms with Crippen LogP contribution < -0.4 is 4.74 Å². The van der Waals surface area contributed by atoms with Gasteiger partial charge in [0, 0.05) is 44.3 Å². The molecule has 2 heterocycles. The van der Waals surface area contributed by atoms with Crippen LogP contribution >= 0.6 is 0 Å². The van der Waals surface area contributed by atoms with E-state index in [4.69, 9.17) is 4.74 Å². The maximum absolute atomic E-state index is 13.0. The van der Waals surface area contributed by atoms with Crippen LogP contribution in [0.4, 0.5) is 0 Å². The van der Waals surface area contributed by atoms with Crippen molar-refractivity contribution in [3.8, 4) is 5.75 Å². The Morgan fingerprint density at radius 2 is 1.71 bits per heavy atom. The molecule has 0 radical (unpaired) electrons. The number of likely N-dealkylation sites (tertiary alicyclic amines) is 2.